The van der Waals surface area contributed by atoms with Gasteiger partial charge in [0.05, 0.1) is 25.4 Å². The van der Waals surface area contributed by atoms with Gasteiger partial charge in [-0.3, -0.25) is 4.79 Å². The Balaban J connectivity index is 1.91. The molecule has 0 fully saturated rings. The number of aromatic carboxylic acids is 1. The summed E-state index contributed by atoms with van der Waals surface area (Å²) in [6, 6.07) is 3.92. The van der Waals surface area contributed by atoms with Gasteiger partial charge in [0.1, 0.15) is 11.6 Å². The number of hydrogen-bond acceptors (Lipinski definition) is 5. The summed E-state index contributed by atoms with van der Waals surface area (Å²) in [5, 5.41) is 18.2. The lowest BCUT2D eigenvalue weighted by molar-refractivity contribution is 0.0690. The van der Waals surface area contributed by atoms with E-state index in [1.54, 1.807) is 0 Å². The molecule has 0 spiro atoms. The third-order valence-corrected chi connectivity index (χ3v) is 2.81. The number of nitrogens with zero attached hydrogens (tertiary/aromatic N) is 3. The van der Waals surface area contributed by atoms with Crippen molar-refractivity contribution < 1.29 is 23.8 Å². The van der Waals surface area contributed by atoms with E-state index in [1.165, 1.54) is 30.1 Å². The van der Waals surface area contributed by atoms with Crippen molar-refractivity contribution in [2.75, 3.05) is 13.7 Å². The van der Waals surface area contributed by atoms with Gasteiger partial charge in [0.25, 0.3) is 5.91 Å². The van der Waals surface area contributed by atoms with E-state index in [9.17, 15) is 14.0 Å². The summed E-state index contributed by atoms with van der Waals surface area (Å²) in [6.45, 7) is 0.358. The van der Waals surface area contributed by atoms with E-state index in [0.717, 1.165) is 6.07 Å². The number of carboxylic acid groups (broad SMARTS) is 1. The Labute approximate surface area is 124 Å². The highest BCUT2D eigenvalue weighted by Crippen LogP contribution is 2.15. The first-order valence-corrected chi connectivity index (χ1v) is 6.26. The normalized spacial score (nSPS) is 10.3. The van der Waals surface area contributed by atoms with Crippen LogP contribution in [-0.4, -0.2) is 45.6 Å². The zero-order chi connectivity index (χ0) is 16.1. The van der Waals surface area contributed by atoms with Crippen molar-refractivity contribution in [3.8, 4) is 5.75 Å². The molecule has 0 aliphatic carbocycles. The van der Waals surface area contributed by atoms with E-state index < -0.39 is 17.7 Å². The summed E-state index contributed by atoms with van der Waals surface area (Å²) >= 11 is 0. The van der Waals surface area contributed by atoms with Gasteiger partial charge in [0, 0.05) is 12.6 Å². The second-order valence-corrected chi connectivity index (χ2v) is 4.27. The number of rotatable bonds is 6. The van der Waals surface area contributed by atoms with Gasteiger partial charge in [0.15, 0.2) is 5.69 Å². The number of carbonyl (C=O) groups is 2. The third-order valence-electron chi connectivity index (χ3n) is 2.81. The molecule has 1 aromatic carbocycles. The van der Waals surface area contributed by atoms with Crippen LogP contribution in [0.2, 0.25) is 0 Å². The van der Waals surface area contributed by atoms with E-state index in [4.69, 9.17) is 9.84 Å². The molecule has 2 N–H and O–H groups in total. The molecule has 1 amide bonds. The molecular formula is C13H13FN4O4. The predicted octanol–water partition coefficient (Wildman–Crippen LogP) is 0.554. The van der Waals surface area contributed by atoms with Gasteiger partial charge < -0.3 is 15.2 Å². The Morgan fingerprint density at radius 3 is 2.82 bits per heavy atom. The minimum atomic E-state index is -1.18. The van der Waals surface area contributed by atoms with Gasteiger partial charge in [-0.25, -0.2) is 13.9 Å². The third kappa shape index (κ3) is 3.57. The molecule has 0 aliphatic heterocycles. The number of halogens is 1. The van der Waals surface area contributed by atoms with Crippen LogP contribution >= 0.6 is 0 Å². The summed E-state index contributed by atoms with van der Waals surface area (Å²) in [6.07, 6.45) is 1.24. The molecule has 2 rings (SSSR count). The van der Waals surface area contributed by atoms with E-state index in [0.29, 0.717) is 5.75 Å². The molecule has 116 valence electrons. The minimum Gasteiger partial charge on any atom is -0.497 e. The lowest BCUT2D eigenvalue weighted by Gasteiger charge is -2.07. The number of amides is 1. The number of carboxylic acids is 1. The number of methoxy groups -OCH3 is 1. The summed E-state index contributed by atoms with van der Waals surface area (Å²) in [7, 11) is 1.40. The summed E-state index contributed by atoms with van der Waals surface area (Å²) < 4.78 is 19.8. The molecule has 0 saturated heterocycles. The van der Waals surface area contributed by atoms with Crippen LogP contribution in [0.5, 0.6) is 5.75 Å². The number of aromatic nitrogens is 3. The van der Waals surface area contributed by atoms with Crippen LogP contribution in [0, 0.1) is 5.82 Å². The monoisotopic (exact) mass is 308 g/mol. The number of carbonyl (C=O) groups excluding carboxylic acids is 1. The summed E-state index contributed by atoms with van der Waals surface area (Å²) in [5.74, 6) is -2.14. The number of nitrogens with one attached hydrogen (secondary N) is 1. The molecule has 0 aliphatic rings. The first-order chi connectivity index (χ1) is 10.5. The van der Waals surface area contributed by atoms with Crippen molar-refractivity contribution in [2.45, 2.75) is 6.54 Å². The lowest BCUT2D eigenvalue weighted by atomic mass is 10.2. The SMILES string of the molecule is COc1ccc(C(=O)NCCn2cc(C(=O)O)nn2)c(F)c1. The fraction of sp³-hybridized carbons (Fsp3) is 0.231. The second kappa shape index (κ2) is 6.66. The fourth-order valence-corrected chi connectivity index (χ4v) is 1.69. The maximum atomic E-state index is 13.7. The maximum absolute atomic E-state index is 13.7. The Morgan fingerprint density at radius 1 is 1.45 bits per heavy atom. The van der Waals surface area contributed by atoms with Gasteiger partial charge in [-0.05, 0) is 12.1 Å². The van der Waals surface area contributed by atoms with Gasteiger partial charge in [-0.15, -0.1) is 5.10 Å². The van der Waals surface area contributed by atoms with Crippen molar-refractivity contribution in [2.24, 2.45) is 0 Å². The highest BCUT2D eigenvalue weighted by atomic mass is 19.1. The Morgan fingerprint density at radius 2 is 2.23 bits per heavy atom. The average Bonchev–Trinajstić information content (AvgIpc) is 2.96. The van der Waals surface area contributed by atoms with Crippen molar-refractivity contribution in [1.82, 2.24) is 20.3 Å². The quantitative estimate of drug-likeness (QED) is 0.807. The second-order valence-electron chi connectivity index (χ2n) is 4.27. The van der Waals surface area contributed by atoms with Crippen molar-refractivity contribution >= 4 is 11.9 Å². The highest BCUT2D eigenvalue weighted by Gasteiger charge is 2.12. The molecule has 22 heavy (non-hydrogen) atoms. The van der Waals surface area contributed by atoms with Crippen molar-refractivity contribution in [3.05, 3.63) is 41.5 Å². The first-order valence-electron chi connectivity index (χ1n) is 6.26. The standard InChI is InChI=1S/C13H13FN4O4/c1-22-8-2-3-9(10(14)6-8)12(19)15-4-5-18-7-11(13(20)21)16-17-18/h2-3,6-7H,4-5H2,1H3,(H,15,19)(H,20,21). The van der Waals surface area contributed by atoms with Gasteiger partial charge >= 0.3 is 5.97 Å². The van der Waals surface area contributed by atoms with Crippen molar-refractivity contribution in [1.29, 1.82) is 0 Å². The van der Waals surface area contributed by atoms with E-state index >= 15 is 0 Å². The van der Waals surface area contributed by atoms with Gasteiger partial charge in [-0.1, -0.05) is 5.21 Å². The first kappa shape index (κ1) is 15.4. The Bertz CT molecular complexity index is 701. The number of hydrogen-bond donors (Lipinski definition) is 2. The van der Waals surface area contributed by atoms with Crippen LogP contribution in [0.25, 0.3) is 0 Å². The summed E-state index contributed by atoms with van der Waals surface area (Å²) in [5.41, 5.74) is -0.293. The highest BCUT2D eigenvalue weighted by molar-refractivity contribution is 5.94. The zero-order valence-corrected chi connectivity index (χ0v) is 11.6. The molecule has 8 nitrogen and oxygen atoms in total. The average molecular weight is 308 g/mol. The molecule has 0 radical (unpaired) electrons. The van der Waals surface area contributed by atoms with E-state index in [1.807, 2.05) is 0 Å². The molecule has 1 heterocycles. The van der Waals surface area contributed by atoms with Crippen LogP contribution < -0.4 is 10.1 Å². The molecule has 0 saturated carbocycles. The largest absolute Gasteiger partial charge is 0.497 e. The fourth-order valence-electron chi connectivity index (χ4n) is 1.69. The van der Waals surface area contributed by atoms with E-state index in [-0.39, 0.29) is 24.3 Å². The molecular weight excluding hydrogens is 295 g/mol. The van der Waals surface area contributed by atoms with Crippen molar-refractivity contribution in [3.63, 3.8) is 0 Å². The Kier molecular flexibility index (Phi) is 4.66. The van der Waals surface area contributed by atoms with E-state index in [2.05, 4.69) is 15.6 Å². The maximum Gasteiger partial charge on any atom is 0.358 e. The smallest absolute Gasteiger partial charge is 0.358 e. The van der Waals surface area contributed by atoms with Gasteiger partial charge in [0.2, 0.25) is 0 Å². The molecule has 0 atom stereocenters. The van der Waals surface area contributed by atoms with Crippen LogP contribution in [0.15, 0.2) is 24.4 Å². The van der Waals surface area contributed by atoms with Crippen LogP contribution in [0.3, 0.4) is 0 Å². The van der Waals surface area contributed by atoms with Crippen LogP contribution in [-0.2, 0) is 6.54 Å². The molecule has 0 unspecified atom stereocenters. The zero-order valence-electron chi connectivity index (χ0n) is 11.6. The topological polar surface area (TPSA) is 106 Å². The number of ether oxygens (including phenoxy) is 1. The number of benzene rings is 1. The molecule has 2 aromatic rings. The van der Waals surface area contributed by atoms with Gasteiger partial charge in [-0.2, -0.15) is 0 Å². The minimum absolute atomic E-state index is 0.106. The summed E-state index contributed by atoms with van der Waals surface area (Å²) in [4.78, 5) is 22.5. The predicted molar refractivity (Wildman–Crippen MR) is 72.3 cm³/mol. The molecule has 0 bridgehead atoms. The lowest BCUT2D eigenvalue weighted by Crippen LogP contribution is -2.28. The van der Waals surface area contributed by atoms with Crippen LogP contribution in [0.1, 0.15) is 20.8 Å². The molecule has 9 heteroatoms. The Hall–Kier alpha value is -2.97. The van der Waals surface area contributed by atoms with Crippen LogP contribution in [0.4, 0.5) is 4.39 Å². The molecule has 1 aromatic heterocycles.